The molecular weight excluding hydrogens is 560 g/mol. The first-order chi connectivity index (χ1) is 22.3. The van der Waals surface area contributed by atoms with Gasteiger partial charge >= 0.3 is 0 Å². The normalized spacial score (nSPS) is 12.1. The number of aliphatic hydroxyl groups excluding tert-OH is 1. The summed E-state index contributed by atoms with van der Waals surface area (Å²) in [5.41, 5.74) is 3.55. The van der Waals surface area contributed by atoms with Crippen molar-refractivity contribution in [1.82, 2.24) is 0 Å². The molecule has 1 atom stereocenters. The van der Waals surface area contributed by atoms with Gasteiger partial charge in [0.05, 0.1) is 26.4 Å². The van der Waals surface area contributed by atoms with Gasteiger partial charge in [-0.15, -0.1) is 0 Å². The summed E-state index contributed by atoms with van der Waals surface area (Å²) in [6, 6.07) is 29.2. The average molecular weight is 619 g/mol. The third-order valence-electron chi connectivity index (χ3n) is 8.27. The highest BCUT2D eigenvalue weighted by atomic mass is 17.2. The minimum atomic E-state index is -0.510. The molecule has 1 unspecified atom stereocenters. The average Bonchev–Trinajstić information content (AvgIpc) is 3.08. The number of unbranched alkanes of at least 4 members (excludes halogenated alkanes) is 13. The molecule has 1 N–H and O–H groups in total. The zero-order valence-corrected chi connectivity index (χ0v) is 27.8. The van der Waals surface area contributed by atoms with Gasteiger partial charge in [-0.25, -0.2) is 9.78 Å². The number of hydrogen-bond donors (Lipinski definition) is 1. The number of hydrogen-bond acceptors (Lipinski definition) is 5. The van der Waals surface area contributed by atoms with Crippen LogP contribution in [0.1, 0.15) is 119 Å². The van der Waals surface area contributed by atoms with Crippen LogP contribution in [0.4, 0.5) is 0 Å². The van der Waals surface area contributed by atoms with Gasteiger partial charge in [0.1, 0.15) is 18.5 Å². The third-order valence-corrected chi connectivity index (χ3v) is 8.27. The van der Waals surface area contributed by atoms with Crippen molar-refractivity contribution in [2.24, 2.45) is 0 Å². The number of rotatable bonds is 27. The monoisotopic (exact) mass is 618 g/mol. The van der Waals surface area contributed by atoms with E-state index in [0.717, 1.165) is 24.2 Å². The molecule has 0 fully saturated rings. The van der Waals surface area contributed by atoms with Crippen molar-refractivity contribution in [1.29, 1.82) is 0 Å². The van der Waals surface area contributed by atoms with Crippen LogP contribution in [0.2, 0.25) is 0 Å². The van der Waals surface area contributed by atoms with Crippen molar-refractivity contribution < 1.29 is 24.4 Å². The Kier molecular flexibility index (Phi) is 20.0. The Hall–Kier alpha value is -2.70. The number of para-hydroxylation sites is 1. The van der Waals surface area contributed by atoms with Crippen molar-refractivity contribution in [3.63, 3.8) is 0 Å². The van der Waals surface area contributed by atoms with Gasteiger partial charge in [0.25, 0.3) is 0 Å². The molecule has 0 bridgehead atoms. The third kappa shape index (κ3) is 15.4. The first-order valence-electron chi connectivity index (χ1n) is 17.6. The van der Waals surface area contributed by atoms with Gasteiger partial charge in [0, 0.05) is 11.5 Å². The highest BCUT2D eigenvalue weighted by Gasteiger charge is 2.20. The second-order valence-corrected chi connectivity index (χ2v) is 12.0. The molecule has 3 aromatic carbocycles. The molecule has 0 heterocycles. The van der Waals surface area contributed by atoms with E-state index in [2.05, 4.69) is 67.6 Å². The summed E-state index contributed by atoms with van der Waals surface area (Å²) in [5.74, 6) is 0.902. The van der Waals surface area contributed by atoms with Crippen molar-refractivity contribution in [2.75, 3.05) is 33.0 Å². The molecule has 0 aromatic heterocycles. The molecule has 0 saturated carbocycles. The van der Waals surface area contributed by atoms with Crippen LogP contribution in [0.5, 0.6) is 5.75 Å². The molecule has 248 valence electrons. The summed E-state index contributed by atoms with van der Waals surface area (Å²) in [4.78, 5) is 10.8. The highest BCUT2D eigenvalue weighted by molar-refractivity contribution is 5.48. The molecule has 45 heavy (non-hydrogen) atoms. The van der Waals surface area contributed by atoms with Gasteiger partial charge in [-0.05, 0) is 23.6 Å². The fourth-order valence-corrected chi connectivity index (χ4v) is 5.73. The predicted octanol–water partition coefficient (Wildman–Crippen LogP) is 10.1. The summed E-state index contributed by atoms with van der Waals surface area (Å²) >= 11 is 0. The minimum absolute atomic E-state index is 0.0635. The van der Waals surface area contributed by atoms with Gasteiger partial charge in [0.2, 0.25) is 0 Å². The quantitative estimate of drug-likeness (QED) is 0.0399. The Morgan fingerprint density at radius 3 is 1.62 bits per heavy atom. The van der Waals surface area contributed by atoms with E-state index in [-0.39, 0.29) is 19.1 Å². The molecule has 5 heteroatoms. The smallest absolute Gasteiger partial charge is 0.139 e. The van der Waals surface area contributed by atoms with E-state index in [1.807, 2.05) is 24.3 Å². The first kappa shape index (κ1) is 36.8. The number of benzene rings is 3. The zero-order valence-electron chi connectivity index (χ0n) is 27.8. The summed E-state index contributed by atoms with van der Waals surface area (Å²) in [7, 11) is 0. The molecule has 0 aliphatic rings. The van der Waals surface area contributed by atoms with Crippen LogP contribution < -0.4 is 4.74 Å². The molecule has 0 aliphatic carbocycles. The molecule has 3 aromatic rings. The SMILES string of the molecule is CCCCCCCCCCCCCCCCOOC(CO)COCCOc1ccccc1C(c1ccccc1)c1ccccc1. The lowest BCUT2D eigenvalue weighted by molar-refractivity contribution is -0.335. The fraction of sp³-hybridized carbons (Fsp3) is 0.550. The molecule has 5 nitrogen and oxygen atoms in total. The van der Waals surface area contributed by atoms with E-state index in [4.69, 9.17) is 19.2 Å². The largest absolute Gasteiger partial charge is 0.491 e. The number of ether oxygens (including phenoxy) is 2. The lowest BCUT2D eigenvalue weighted by Gasteiger charge is -2.22. The van der Waals surface area contributed by atoms with Crippen LogP contribution in [0.3, 0.4) is 0 Å². The molecule has 0 amide bonds. The molecule has 0 saturated heterocycles. The standard InChI is InChI=1S/C40H58O5/c1-2-3-4-5-6-7-8-9-10-11-12-13-14-23-30-44-45-37(33-41)34-42-31-32-43-39-29-22-21-28-38(39)40(35-24-17-15-18-25-35)36-26-19-16-20-27-36/h15-22,24-29,37,40-41H,2-14,23,30-34H2,1H3. The van der Waals surface area contributed by atoms with Crippen LogP contribution in [0.15, 0.2) is 84.9 Å². The second kappa shape index (κ2) is 24.5. The van der Waals surface area contributed by atoms with Crippen LogP contribution >= 0.6 is 0 Å². The minimum Gasteiger partial charge on any atom is -0.491 e. The Morgan fingerprint density at radius 2 is 1.07 bits per heavy atom. The van der Waals surface area contributed by atoms with E-state index < -0.39 is 6.10 Å². The van der Waals surface area contributed by atoms with Crippen LogP contribution in [0.25, 0.3) is 0 Å². The maximum absolute atomic E-state index is 9.68. The summed E-state index contributed by atoms with van der Waals surface area (Å²) in [6.07, 6.45) is 18.0. The maximum atomic E-state index is 9.68. The molecule has 3 rings (SSSR count). The van der Waals surface area contributed by atoms with E-state index in [1.165, 1.54) is 88.2 Å². The summed E-state index contributed by atoms with van der Waals surface area (Å²) < 4.78 is 12.0. The Bertz CT molecular complexity index is 1050. The zero-order chi connectivity index (χ0) is 31.6. The topological polar surface area (TPSA) is 57.2 Å². The van der Waals surface area contributed by atoms with E-state index in [9.17, 15) is 5.11 Å². The van der Waals surface area contributed by atoms with E-state index >= 15 is 0 Å². The Morgan fingerprint density at radius 1 is 0.556 bits per heavy atom. The summed E-state index contributed by atoms with van der Waals surface area (Å²) in [6.45, 7) is 3.69. The van der Waals surface area contributed by atoms with Crippen molar-refractivity contribution >= 4 is 0 Å². The first-order valence-corrected chi connectivity index (χ1v) is 17.6. The molecular formula is C40H58O5. The Balaban J connectivity index is 1.25. The molecule has 0 aliphatic heterocycles. The van der Waals surface area contributed by atoms with E-state index in [0.29, 0.717) is 19.8 Å². The Labute approximate surface area is 273 Å². The van der Waals surface area contributed by atoms with Crippen molar-refractivity contribution in [2.45, 2.75) is 109 Å². The summed E-state index contributed by atoms with van der Waals surface area (Å²) in [5, 5.41) is 9.68. The van der Waals surface area contributed by atoms with Crippen LogP contribution in [-0.4, -0.2) is 44.2 Å². The lowest BCUT2D eigenvalue weighted by Crippen LogP contribution is -2.25. The van der Waals surface area contributed by atoms with Crippen molar-refractivity contribution in [3.05, 3.63) is 102 Å². The predicted molar refractivity (Wildman–Crippen MR) is 185 cm³/mol. The van der Waals surface area contributed by atoms with Gasteiger partial charge in [0.15, 0.2) is 0 Å². The van der Waals surface area contributed by atoms with Gasteiger partial charge in [-0.3, -0.25) is 0 Å². The highest BCUT2D eigenvalue weighted by Crippen LogP contribution is 2.37. The van der Waals surface area contributed by atoms with E-state index in [1.54, 1.807) is 0 Å². The van der Waals surface area contributed by atoms with Crippen LogP contribution in [-0.2, 0) is 14.5 Å². The fourth-order valence-electron chi connectivity index (χ4n) is 5.73. The second-order valence-electron chi connectivity index (χ2n) is 12.0. The van der Waals surface area contributed by atoms with Gasteiger partial charge < -0.3 is 14.6 Å². The van der Waals surface area contributed by atoms with Crippen molar-refractivity contribution in [3.8, 4) is 5.75 Å². The van der Waals surface area contributed by atoms with Crippen LogP contribution in [0, 0.1) is 0 Å². The van der Waals surface area contributed by atoms with Gasteiger partial charge in [-0.2, -0.15) is 0 Å². The number of aliphatic hydroxyl groups is 1. The lowest BCUT2D eigenvalue weighted by atomic mass is 9.85. The van der Waals surface area contributed by atoms with Gasteiger partial charge in [-0.1, -0.05) is 169 Å². The maximum Gasteiger partial charge on any atom is 0.139 e. The molecule has 0 spiro atoms. The molecule has 0 radical (unpaired) electrons.